The fourth-order valence-corrected chi connectivity index (χ4v) is 3.23. The maximum absolute atomic E-state index is 11.2. The SMILES string of the molecule is O=[N+]([O-])c1cccc2ccc(/C=C/c3cc(Br)c4c(c3)OCO4)nc12. The van der Waals surface area contributed by atoms with Gasteiger partial charge < -0.3 is 9.47 Å². The zero-order chi connectivity index (χ0) is 17.4. The fraction of sp³-hybridized carbons (Fsp3) is 0.0556. The molecule has 6 nitrogen and oxygen atoms in total. The maximum Gasteiger partial charge on any atom is 0.295 e. The van der Waals surface area contributed by atoms with E-state index in [1.807, 2.05) is 30.3 Å². The molecule has 3 aromatic rings. The Bertz CT molecular complexity index is 1030. The van der Waals surface area contributed by atoms with E-state index in [2.05, 4.69) is 20.9 Å². The Morgan fingerprint density at radius 3 is 2.88 bits per heavy atom. The molecule has 2 aromatic carbocycles. The average molecular weight is 399 g/mol. The second-order valence-electron chi connectivity index (χ2n) is 5.41. The monoisotopic (exact) mass is 398 g/mol. The summed E-state index contributed by atoms with van der Waals surface area (Å²) in [7, 11) is 0. The lowest BCUT2D eigenvalue weighted by Gasteiger charge is -2.02. The molecular formula is C18H11BrN2O4. The summed E-state index contributed by atoms with van der Waals surface area (Å²) in [5, 5.41) is 11.9. The van der Waals surface area contributed by atoms with Crippen LogP contribution >= 0.6 is 15.9 Å². The van der Waals surface area contributed by atoms with Crippen molar-refractivity contribution in [2.45, 2.75) is 0 Å². The van der Waals surface area contributed by atoms with Crippen LogP contribution in [0.25, 0.3) is 23.1 Å². The molecule has 2 heterocycles. The third kappa shape index (κ3) is 2.94. The molecule has 0 bridgehead atoms. The number of non-ortho nitro benzene ring substituents is 1. The molecule has 0 saturated heterocycles. The number of ether oxygens (including phenoxy) is 2. The number of hydrogen-bond acceptors (Lipinski definition) is 5. The number of fused-ring (bicyclic) bond motifs is 2. The standard InChI is InChI=1S/C18H11BrN2O4/c19-14-8-11(9-16-18(14)25-10-24-16)4-6-13-7-5-12-2-1-3-15(21(22)23)17(12)20-13/h1-9H,10H2/b6-4+. The van der Waals surface area contributed by atoms with Crippen LogP contribution < -0.4 is 9.47 Å². The molecule has 0 radical (unpaired) electrons. The third-order valence-electron chi connectivity index (χ3n) is 3.81. The summed E-state index contributed by atoms with van der Waals surface area (Å²) in [5.41, 5.74) is 1.91. The van der Waals surface area contributed by atoms with Crippen LogP contribution in [-0.2, 0) is 0 Å². The summed E-state index contributed by atoms with van der Waals surface area (Å²) in [6.07, 6.45) is 3.68. The van der Waals surface area contributed by atoms with Crippen LogP contribution in [0.5, 0.6) is 11.5 Å². The Hall–Kier alpha value is -2.93. The van der Waals surface area contributed by atoms with Crippen LogP contribution in [-0.4, -0.2) is 16.7 Å². The molecule has 0 N–H and O–H groups in total. The van der Waals surface area contributed by atoms with Crippen LogP contribution in [0.3, 0.4) is 0 Å². The van der Waals surface area contributed by atoms with Crippen LogP contribution in [0.1, 0.15) is 11.3 Å². The summed E-state index contributed by atoms with van der Waals surface area (Å²) in [5.74, 6) is 1.37. The number of para-hydroxylation sites is 1. The van der Waals surface area contributed by atoms with Crippen molar-refractivity contribution < 1.29 is 14.4 Å². The van der Waals surface area contributed by atoms with Crippen molar-refractivity contribution in [3.05, 3.63) is 68.3 Å². The Morgan fingerprint density at radius 2 is 2.04 bits per heavy atom. The number of hydrogen-bond donors (Lipinski definition) is 0. The first kappa shape index (κ1) is 15.6. The lowest BCUT2D eigenvalue weighted by Crippen LogP contribution is -1.93. The molecule has 0 aliphatic carbocycles. The number of halogens is 1. The minimum absolute atomic E-state index is 0.00132. The lowest BCUT2D eigenvalue weighted by molar-refractivity contribution is -0.383. The largest absolute Gasteiger partial charge is 0.454 e. The fourth-order valence-electron chi connectivity index (χ4n) is 2.65. The highest BCUT2D eigenvalue weighted by Crippen LogP contribution is 2.40. The predicted octanol–water partition coefficient (Wildman–Crippen LogP) is 4.80. The Balaban J connectivity index is 1.71. The van der Waals surface area contributed by atoms with Crippen LogP contribution in [0, 0.1) is 10.1 Å². The smallest absolute Gasteiger partial charge is 0.295 e. The van der Waals surface area contributed by atoms with Gasteiger partial charge in [-0.1, -0.05) is 24.3 Å². The molecule has 124 valence electrons. The zero-order valence-electron chi connectivity index (χ0n) is 12.8. The van der Waals surface area contributed by atoms with E-state index in [0.717, 1.165) is 15.4 Å². The molecular weight excluding hydrogens is 388 g/mol. The van der Waals surface area contributed by atoms with Crippen molar-refractivity contribution in [1.82, 2.24) is 4.98 Å². The van der Waals surface area contributed by atoms with Gasteiger partial charge in [-0.3, -0.25) is 10.1 Å². The zero-order valence-corrected chi connectivity index (χ0v) is 14.4. The molecule has 0 unspecified atom stereocenters. The number of aromatic nitrogens is 1. The molecule has 0 spiro atoms. The van der Waals surface area contributed by atoms with Crippen molar-refractivity contribution in [2.75, 3.05) is 6.79 Å². The molecule has 1 aliphatic heterocycles. The molecule has 25 heavy (non-hydrogen) atoms. The number of pyridine rings is 1. The van der Waals surface area contributed by atoms with Crippen molar-refractivity contribution in [2.24, 2.45) is 0 Å². The first-order valence-corrected chi connectivity index (χ1v) is 8.22. The molecule has 0 amide bonds. The molecule has 0 saturated carbocycles. The summed E-state index contributed by atoms with van der Waals surface area (Å²) in [6, 6.07) is 12.3. The summed E-state index contributed by atoms with van der Waals surface area (Å²) in [6.45, 7) is 0.205. The van der Waals surface area contributed by atoms with Crippen molar-refractivity contribution >= 4 is 44.7 Å². The number of nitro groups is 1. The van der Waals surface area contributed by atoms with E-state index in [0.29, 0.717) is 22.7 Å². The number of nitrogens with zero attached hydrogens (tertiary/aromatic N) is 2. The van der Waals surface area contributed by atoms with E-state index < -0.39 is 4.92 Å². The first-order valence-electron chi connectivity index (χ1n) is 7.43. The van der Waals surface area contributed by atoms with Gasteiger partial charge in [-0.15, -0.1) is 0 Å². The lowest BCUT2D eigenvalue weighted by atomic mass is 10.1. The summed E-state index contributed by atoms with van der Waals surface area (Å²) >= 11 is 3.45. The van der Waals surface area contributed by atoms with Gasteiger partial charge in [0, 0.05) is 11.5 Å². The number of nitro benzene ring substituents is 1. The van der Waals surface area contributed by atoms with E-state index in [1.165, 1.54) is 6.07 Å². The van der Waals surface area contributed by atoms with E-state index in [9.17, 15) is 10.1 Å². The van der Waals surface area contributed by atoms with Crippen molar-refractivity contribution in [3.63, 3.8) is 0 Å². The first-order chi connectivity index (χ1) is 12.1. The van der Waals surface area contributed by atoms with Crippen molar-refractivity contribution in [3.8, 4) is 11.5 Å². The highest BCUT2D eigenvalue weighted by atomic mass is 79.9. The molecule has 1 aromatic heterocycles. The van der Waals surface area contributed by atoms with Gasteiger partial charge in [0.05, 0.1) is 15.1 Å². The Kier molecular flexibility index (Phi) is 3.85. The minimum atomic E-state index is -0.419. The molecule has 0 atom stereocenters. The third-order valence-corrected chi connectivity index (χ3v) is 4.40. The predicted molar refractivity (Wildman–Crippen MR) is 97.6 cm³/mol. The van der Waals surface area contributed by atoms with Gasteiger partial charge in [0.25, 0.3) is 5.69 Å². The molecule has 0 fully saturated rings. The second kappa shape index (κ2) is 6.18. The topological polar surface area (TPSA) is 74.5 Å². The second-order valence-corrected chi connectivity index (χ2v) is 6.27. The van der Waals surface area contributed by atoms with E-state index in [-0.39, 0.29) is 12.5 Å². The van der Waals surface area contributed by atoms with Gasteiger partial charge in [0.15, 0.2) is 11.5 Å². The molecule has 1 aliphatic rings. The maximum atomic E-state index is 11.2. The van der Waals surface area contributed by atoms with E-state index in [1.54, 1.807) is 18.2 Å². The summed E-state index contributed by atoms with van der Waals surface area (Å²) < 4.78 is 11.6. The Morgan fingerprint density at radius 1 is 1.16 bits per heavy atom. The van der Waals surface area contributed by atoms with Crippen molar-refractivity contribution in [1.29, 1.82) is 0 Å². The highest BCUT2D eigenvalue weighted by molar-refractivity contribution is 9.10. The molecule has 7 heteroatoms. The summed E-state index contributed by atoms with van der Waals surface area (Å²) in [4.78, 5) is 15.2. The van der Waals surface area contributed by atoms with Crippen LogP contribution in [0.15, 0.2) is 46.9 Å². The normalized spacial score (nSPS) is 12.8. The molecule has 4 rings (SSSR count). The van der Waals surface area contributed by atoms with E-state index >= 15 is 0 Å². The van der Waals surface area contributed by atoms with Gasteiger partial charge in [-0.25, -0.2) is 4.98 Å². The number of benzene rings is 2. The van der Waals surface area contributed by atoms with Crippen LogP contribution in [0.2, 0.25) is 0 Å². The van der Waals surface area contributed by atoms with Crippen LogP contribution in [0.4, 0.5) is 5.69 Å². The van der Waals surface area contributed by atoms with E-state index in [4.69, 9.17) is 9.47 Å². The van der Waals surface area contributed by atoms with Gasteiger partial charge in [-0.05, 0) is 45.8 Å². The number of rotatable bonds is 3. The van der Waals surface area contributed by atoms with Gasteiger partial charge in [-0.2, -0.15) is 0 Å². The van der Waals surface area contributed by atoms with Gasteiger partial charge in [0.1, 0.15) is 5.52 Å². The Labute approximate surface area is 151 Å². The van der Waals surface area contributed by atoms with Gasteiger partial charge >= 0.3 is 0 Å². The van der Waals surface area contributed by atoms with Gasteiger partial charge in [0.2, 0.25) is 6.79 Å². The average Bonchev–Trinajstić information content (AvgIpc) is 3.08. The highest BCUT2D eigenvalue weighted by Gasteiger charge is 2.17. The minimum Gasteiger partial charge on any atom is -0.454 e. The quantitative estimate of drug-likeness (QED) is 0.467.